The molecule has 0 fully saturated rings. The SMILES string of the molecule is NC(=O)COc1ccc(-n2cnnc2)cc1. The molecule has 2 aromatic rings. The van der Waals surface area contributed by atoms with Crippen LogP contribution in [0.5, 0.6) is 5.75 Å². The Morgan fingerprint density at radius 3 is 2.44 bits per heavy atom. The molecule has 1 aromatic heterocycles. The van der Waals surface area contributed by atoms with Gasteiger partial charge in [-0.05, 0) is 24.3 Å². The minimum atomic E-state index is -0.497. The number of aromatic nitrogens is 3. The van der Waals surface area contributed by atoms with Crippen LogP contribution in [0.15, 0.2) is 36.9 Å². The monoisotopic (exact) mass is 218 g/mol. The third-order valence-corrected chi connectivity index (χ3v) is 1.93. The normalized spacial score (nSPS) is 10.0. The van der Waals surface area contributed by atoms with E-state index in [1.165, 1.54) is 0 Å². The molecule has 2 N–H and O–H groups in total. The average molecular weight is 218 g/mol. The number of primary amides is 1. The van der Waals surface area contributed by atoms with E-state index in [-0.39, 0.29) is 6.61 Å². The number of hydrogen-bond donors (Lipinski definition) is 1. The predicted octanol–water partition coefficient (Wildman–Crippen LogP) is 0.131. The fraction of sp³-hybridized carbons (Fsp3) is 0.100. The minimum absolute atomic E-state index is 0.119. The van der Waals surface area contributed by atoms with Crippen molar-refractivity contribution in [1.82, 2.24) is 14.8 Å². The Labute approximate surface area is 91.7 Å². The zero-order valence-corrected chi connectivity index (χ0v) is 8.41. The standard InChI is InChI=1S/C10H10N4O2/c11-10(15)5-16-9-3-1-8(2-4-9)14-6-12-13-7-14/h1-4,6-7H,5H2,(H2,11,15). The van der Waals surface area contributed by atoms with Crippen LogP contribution in [-0.4, -0.2) is 27.3 Å². The van der Waals surface area contributed by atoms with Gasteiger partial charge in [-0.3, -0.25) is 9.36 Å². The second kappa shape index (κ2) is 4.43. The van der Waals surface area contributed by atoms with Crippen molar-refractivity contribution in [3.05, 3.63) is 36.9 Å². The largest absolute Gasteiger partial charge is 0.484 e. The molecule has 0 unspecified atom stereocenters. The van der Waals surface area contributed by atoms with Crippen molar-refractivity contribution in [2.75, 3.05) is 6.61 Å². The first kappa shape index (κ1) is 10.2. The zero-order chi connectivity index (χ0) is 11.4. The van der Waals surface area contributed by atoms with Crippen LogP contribution in [0.2, 0.25) is 0 Å². The number of amides is 1. The van der Waals surface area contributed by atoms with Gasteiger partial charge in [0, 0.05) is 5.69 Å². The lowest BCUT2D eigenvalue weighted by atomic mass is 10.3. The second-order valence-corrected chi connectivity index (χ2v) is 3.12. The minimum Gasteiger partial charge on any atom is -0.484 e. The summed E-state index contributed by atoms with van der Waals surface area (Å²) in [5.41, 5.74) is 5.88. The Morgan fingerprint density at radius 1 is 1.25 bits per heavy atom. The van der Waals surface area contributed by atoms with E-state index in [2.05, 4.69) is 10.2 Å². The Kier molecular flexibility index (Phi) is 2.81. The van der Waals surface area contributed by atoms with Crippen LogP contribution in [-0.2, 0) is 4.79 Å². The zero-order valence-electron chi connectivity index (χ0n) is 8.41. The molecule has 1 heterocycles. The number of carbonyl (C=O) groups excluding carboxylic acids is 1. The molecule has 1 aromatic carbocycles. The van der Waals surface area contributed by atoms with Crippen LogP contribution in [0.25, 0.3) is 5.69 Å². The summed E-state index contributed by atoms with van der Waals surface area (Å²) in [5, 5.41) is 7.40. The Bertz CT molecular complexity index is 464. The number of hydrogen-bond acceptors (Lipinski definition) is 4. The predicted molar refractivity (Wildman–Crippen MR) is 56.0 cm³/mol. The smallest absolute Gasteiger partial charge is 0.255 e. The van der Waals surface area contributed by atoms with Crippen molar-refractivity contribution in [3.63, 3.8) is 0 Å². The van der Waals surface area contributed by atoms with Gasteiger partial charge in [0.15, 0.2) is 6.61 Å². The highest BCUT2D eigenvalue weighted by molar-refractivity contribution is 5.75. The second-order valence-electron chi connectivity index (χ2n) is 3.12. The van der Waals surface area contributed by atoms with Gasteiger partial charge in [-0.1, -0.05) is 0 Å². The van der Waals surface area contributed by atoms with Gasteiger partial charge in [0.25, 0.3) is 5.91 Å². The lowest BCUT2D eigenvalue weighted by Gasteiger charge is -2.05. The average Bonchev–Trinajstić information content (AvgIpc) is 2.80. The molecule has 0 saturated carbocycles. The third kappa shape index (κ3) is 2.35. The Morgan fingerprint density at radius 2 is 1.88 bits per heavy atom. The number of nitrogens with two attached hydrogens (primary N) is 1. The van der Waals surface area contributed by atoms with Crippen LogP contribution < -0.4 is 10.5 Å². The topological polar surface area (TPSA) is 83.0 Å². The van der Waals surface area contributed by atoms with E-state index in [1.807, 2.05) is 12.1 Å². The van der Waals surface area contributed by atoms with Crippen LogP contribution in [0.4, 0.5) is 0 Å². The summed E-state index contributed by atoms with van der Waals surface area (Å²) < 4.78 is 6.89. The molecule has 0 radical (unpaired) electrons. The Balaban J connectivity index is 2.08. The van der Waals surface area contributed by atoms with Gasteiger partial charge in [0.2, 0.25) is 0 Å². The summed E-state index contributed by atoms with van der Waals surface area (Å²) in [6.45, 7) is -0.119. The van der Waals surface area contributed by atoms with Gasteiger partial charge < -0.3 is 10.5 Å². The molecule has 0 saturated heterocycles. The molecule has 0 spiro atoms. The van der Waals surface area contributed by atoms with Crippen molar-refractivity contribution in [3.8, 4) is 11.4 Å². The molecule has 6 nitrogen and oxygen atoms in total. The first-order chi connectivity index (χ1) is 7.75. The van der Waals surface area contributed by atoms with Crippen LogP contribution in [0.3, 0.4) is 0 Å². The van der Waals surface area contributed by atoms with Crippen molar-refractivity contribution in [1.29, 1.82) is 0 Å². The lowest BCUT2D eigenvalue weighted by Crippen LogP contribution is -2.19. The molecule has 0 aliphatic rings. The van der Waals surface area contributed by atoms with Gasteiger partial charge in [0.1, 0.15) is 18.4 Å². The summed E-state index contributed by atoms with van der Waals surface area (Å²) in [5.74, 6) is 0.0958. The first-order valence-corrected chi connectivity index (χ1v) is 4.62. The maximum atomic E-state index is 10.5. The number of benzene rings is 1. The van der Waals surface area contributed by atoms with E-state index < -0.39 is 5.91 Å². The van der Waals surface area contributed by atoms with Crippen molar-refractivity contribution in [2.45, 2.75) is 0 Å². The van der Waals surface area contributed by atoms with Gasteiger partial charge in [-0.2, -0.15) is 0 Å². The van der Waals surface area contributed by atoms with Gasteiger partial charge in [0.05, 0.1) is 0 Å². The van der Waals surface area contributed by atoms with Gasteiger partial charge in [-0.15, -0.1) is 10.2 Å². The van der Waals surface area contributed by atoms with Crippen LogP contribution in [0, 0.1) is 0 Å². The van der Waals surface area contributed by atoms with Gasteiger partial charge >= 0.3 is 0 Å². The van der Waals surface area contributed by atoms with Gasteiger partial charge in [-0.25, -0.2) is 0 Å². The molecule has 82 valence electrons. The number of ether oxygens (including phenoxy) is 1. The third-order valence-electron chi connectivity index (χ3n) is 1.93. The van der Waals surface area contributed by atoms with Crippen LogP contribution >= 0.6 is 0 Å². The van der Waals surface area contributed by atoms with E-state index in [1.54, 1.807) is 29.4 Å². The summed E-state index contributed by atoms with van der Waals surface area (Å²) in [4.78, 5) is 10.5. The van der Waals surface area contributed by atoms with Crippen molar-refractivity contribution >= 4 is 5.91 Å². The maximum Gasteiger partial charge on any atom is 0.255 e. The fourth-order valence-corrected chi connectivity index (χ4v) is 1.20. The highest BCUT2D eigenvalue weighted by Gasteiger charge is 1.99. The molecule has 1 amide bonds. The molecule has 0 aliphatic heterocycles. The van der Waals surface area contributed by atoms with E-state index in [4.69, 9.17) is 10.5 Å². The van der Waals surface area contributed by atoms with Crippen molar-refractivity contribution < 1.29 is 9.53 Å². The molecule has 2 rings (SSSR count). The first-order valence-electron chi connectivity index (χ1n) is 4.62. The molecule has 16 heavy (non-hydrogen) atoms. The maximum absolute atomic E-state index is 10.5. The molecule has 6 heteroatoms. The fourth-order valence-electron chi connectivity index (χ4n) is 1.20. The van der Waals surface area contributed by atoms with E-state index in [0.717, 1.165) is 5.69 Å². The van der Waals surface area contributed by atoms with Crippen molar-refractivity contribution in [2.24, 2.45) is 5.73 Å². The number of carbonyl (C=O) groups is 1. The molecular formula is C10H10N4O2. The summed E-state index contributed by atoms with van der Waals surface area (Å²) in [6.07, 6.45) is 3.19. The molecule has 0 bridgehead atoms. The van der Waals surface area contributed by atoms with E-state index in [9.17, 15) is 4.79 Å². The molecule has 0 aliphatic carbocycles. The highest BCUT2D eigenvalue weighted by Crippen LogP contribution is 2.14. The van der Waals surface area contributed by atoms with E-state index >= 15 is 0 Å². The molecular weight excluding hydrogens is 208 g/mol. The molecule has 0 atom stereocenters. The summed E-state index contributed by atoms with van der Waals surface area (Å²) >= 11 is 0. The summed E-state index contributed by atoms with van der Waals surface area (Å²) in [7, 11) is 0. The van der Waals surface area contributed by atoms with Crippen LogP contribution in [0.1, 0.15) is 0 Å². The Hall–Kier alpha value is -2.37. The summed E-state index contributed by atoms with van der Waals surface area (Å²) in [6, 6.07) is 7.16. The number of rotatable bonds is 4. The quantitative estimate of drug-likeness (QED) is 0.790. The number of nitrogens with zero attached hydrogens (tertiary/aromatic N) is 3. The van der Waals surface area contributed by atoms with E-state index in [0.29, 0.717) is 5.75 Å². The lowest BCUT2D eigenvalue weighted by molar-refractivity contribution is -0.119. The highest BCUT2D eigenvalue weighted by atomic mass is 16.5.